The van der Waals surface area contributed by atoms with E-state index in [0.717, 1.165) is 10.8 Å². The third-order valence-electron chi connectivity index (χ3n) is 5.72. The van der Waals surface area contributed by atoms with E-state index in [9.17, 15) is 9.59 Å². The largest absolute Gasteiger partial charge is 0.493 e. The molecule has 0 aliphatic carbocycles. The number of methoxy groups -OCH3 is 1. The van der Waals surface area contributed by atoms with E-state index in [-0.39, 0.29) is 17.6 Å². The molecular weight excluding hydrogens is 410 g/mol. The van der Waals surface area contributed by atoms with Gasteiger partial charge in [0.15, 0.2) is 11.3 Å². The molecule has 0 atom stereocenters. The number of likely N-dealkylation sites (tertiary alicyclic amines) is 1. The molecule has 1 saturated heterocycles. The first-order chi connectivity index (χ1) is 15.6. The van der Waals surface area contributed by atoms with Crippen LogP contribution in [0.2, 0.25) is 0 Å². The predicted octanol–water partition coefficient (Wildman–Crippen LogP) is 3.43. The molecule has 2 aromatic heterocycles. The number of benzene rings is 2. The van der Waals surface area contributed by atoms with Crippen molar-refractivity contribution in [1.29, 1.82) is 0 Å². The molecule has 0 spiro atoms. The van der Waals surface area contributed by atoms with Crippen molar-refractivity contribution in [2.75, 3.05) is 20.2 Å². The Hall–Kier alpha value is -3.94. The van der Waals surface area contributed by atoms with Crippen LogP contribution in [0.3, 0.4) is 0 Å². The van der Waals surface area contributed by atoms with Crippen molar-refractivity contribution in [2.45, 2.75) is 18.9 Å². The molecule has 1 amide bonds. The summed E-state index contributed by atoms with van der Waals surface area (Å²) in [6.45, 7) is 0.939. The SMILES string of the molecule is COc1cccc2cc(C(=O)N3CCC(Oc4nncc5ccccc45)CC3)c(=O)oc12. The first-order valence-corrected chi connectivity index (χ1v) is 10.4. The highest BCUT2D eigenvalue weighted by Gasteiger charge is 2.27. The number of hydrogen-bond donors (Lipinski definition) is 0. The lowest BCUT2D eigenvalue weighted by Crippen LogP contribution is -2.43. The van der Waals surface area contributed by atoms with E-state index in [1.165, 1.54) is 7.11 Å². The van der Waals surface area contributed by atoms with Gasteiger partial charge in [0.1, 0.15) is 11.7 Å². The minimum absolute atomic E-state index is 0.0186. The Morgan fingerprint density at radius 3 is 2.69 bits per heavy atom. The second-order valence-electron chi connectivity index (χ2n) is 7.67. The third kappa shape index (κ3) is 3.64. The summed E-state index contributed by atoms with van der Waals surface area (Å²) in [6, 6.07) is 14.6. The minimum atomic E-state index is -0.670. The second kappa shape index (κ2) is 8.30. The number of hydrogen-bond acceptors (Lipinski definition) is 7. The molecule has 1 aliphatic heterocycles. The molecule has 162 valence electrons. The summed E-state index contributed by atoms with van der Waals surface area (Å²) in [5.74, 6) is 0.608. The maximum absolute atomic E-state index is 13.0. The Bertz CT molecular complexity index is 1350. The van der Waals surface area contributed by atoms with Crippen molar-refractivity contribution < 1.29 is 18.7 Å². The number of ether oxygens (including phenoxy) is 2. The minimum Gasteiger partial charge on any atom is -0.493 e. The summed E-state index contributed by atoms with van der Waals surface area (Å²) >= 11 is 0. The van der Waals surface area contributed by atoms with Gasteiger partial charge in [0.2, 0.25) is 5.88 Å². The molecule has 1 fully saturated rings. The molecule has 8 heteroatoms. The average Bonchev–Trinajstić information content (AvgIpc) is 2.83. The van der Waals surface area contributed by atoms with E-state index >= 15 is 0 Å². The molecule has 3 heterocycles. The van der Waals surface area contributed by atoms with Crippen LogP contribution in [-0.2, 0) is 0 Å². The molecular formula is C24H21N3O5. The van der Waals surface area contributed by atoms with E-state index in [4.69, 9.17) is 13.9 Å². The van der Waals surface area contributed by atoms with Gasteiger partial charge in [-0.15, -0.1) is 5.10 Å². The van der Waals surface area contributed by atoms with Crippen LogP contribution in [0.15, 0.2) is 63.9 Å². The third-order valence-corrected chi connectivity index (χ3v) is 5.72. The smallest absolute Gasteiger partial charge is 0.349 e. The Morgan fingerprint density at radius 1 is 1.09 bits per heavy atom. The van der Waals surface area contributed by atoms with Crippen LogP contribution < -0.4 is 15.1 Å². The standard InChI is InChI=1S/C24H21N3O5/c1-30-20-8-4-6-15-13-19(24(29)32-21(15)20)23(28)27-11-9-17(10-12-27)31-22-18-7-3-2-5-16(18)14-25-26-22/h2-8,13-14,17H,9-12H2,1H3. The van der Waals surface area contributed by atoms with E-state index in [1.807, 2.05) is 24.3 Å². The lowest BCUT2D eigenvalue weighted by atomic mass is 10.1. The van der Waals surface area contributed by atoms with Gasteiger partial charge in [-0.1, -0.05) is 30.3 Å². The Labute approximate surface area is 183 Å². The first kappa shape index (κ1) is 20.0. The Balaban J connectivity index is 1.30. The first-order valence-electron chi connectivity index (χ1n) is 10.4. The van der Waals surface area contributed by atoms with E-state index < -0.39 is 5.63 Å². The van der Waals surface area contributed by atoms with Crippen molar-refractivity contribution in [3.63, 3.8) is 0 Å². The summed E-state index contributed by atoms with van der Waals surface area (Å²) in [5, 5.41) is 10.7. The fourth-order valence-electron chi connectivity index (χ4n) is 4.02. The monoisotopic (exact) mass is 431 g/mol. The summed E-state index contributed by atoms with van der Waals surface area (Å²) in [6.07, 6.45) is 2.87. The Morgan fingerprint density at radius 2 is 1.88 bits per heavy atom. The van der Waals surface area contributed by atoms with Gasteiger partial charge >= 0.3 is 5.63 Å². The van der Waals surface area contributed by atoms with Crippen LogP contribution in [0.1, 0.15) is 23.2 Å². The van der Waals surface area contributed by atoms with Gasteiger partial charge in [0.05, 0.1) is 13.3 Å². The number of aromatic nitrogens is 2. The number of rotatable bonds is 4. The molecule has 0 N–H and O–H groups in total. The molecule has 2 aromatic carbocycles. The quantitative estimate of drug-likeness (QED) is 0.457. The molecule has 8 nitrogen and oxygen atoms in total. The van der Waals surface area contributed by atoms with E-state index in [2.05, 4.69) is 10.2 Å². The number of carbonyl (C=O) groups excluding carboxylic acids is 1. The van der Waals surface area contributed by atoms with Crippen LogP contribution in [0, 0.1) is 0 Å². The number of carbonyl (C=O) groups is 1. The summed E-state index contributed by atoms with van der Waals surface area (Å²) in [4.78, 5) is 27.2. The number of para-hydroxylation sites is 1. The average molecular weight is 431 g/mol. The number of piperidine rings is 1. The van der Waals surface area contributed by atoms with Crippen LogP contribution >= 0.6 is 0 Å². The van der Waals surface area contributed by atoms with E-state index in [1.54, 1.807) is 35.4 Å². The molecule has 32 heavy (non-hydrogen) atoms. The molecule has 1 aliphatic rings. The van der Waals surface area contributed by atoms with Crippen molar-refractivity contribution in [3.8, 4) is 11.6 Å². The van der Waals surface area contributed by atoms with Gasteiger partial charge in [-0.2, -0.15) is 5.10 Å². The van der Waals surface area contributed by atoms with E-state index in [0.29, 0.717) is 48.5 Å². The Kier molecular flexibility index (Phi) is 5.18. The van der Waals surface area contributed by atoms with Crippen LogP contribution in [0.4, 0.5) is 0 Å². The molecule has 4 aromatic rings. The molecule has 0 radical (unpaired) electrons. The zero-order chi connectivity index (χ0) is 22.1. The zero-order valence-corrected chi connectivity index (χ0v) is 17.5. The lowest BCUT2D eigenvalue weighted by Gasteiger charge is -2.31. The predicted molar refractivity (Wildman–Crippen MR) is 118 cm³/mol. The highest BCUT2D eigenvalue weighted by atomic mass is 16.5. The van der Waals surface area contributed by atoms with Gasteiger partial charge < -0.3 is 18.8 Å². The van der Waals surface area contributed by atoms with Gasteiger partial charge in [-0.05, 0) is 18.2 Å². The molecule has 0 saturated carbocycles. The van der Waals surface area contributed by atoms with Gasteiger partial charge in [-0.3, -0.25) is 4.79 Å². The van der Waals surface area contributed by atoms with Crippen LogP contribution in [0.25, 0.3) is 21.7 Å². The van der Waals surface area contributed by atoms with Crippen molar-refractivity contribution in [2.24, 2.45) is 0 Å². The number of fused-ring (bicyclic) bond motifs is 2. The molecule has 5 rings (SSSR count). The number of amides is 1. The highest BCUT2D eigenvalue weighted by Crippen LogP contribution is 2.27. The maximum atomic E-state index is 13.0. The zero-order valence-electron chi connectivity index (χ0n) is 17.5. The topological polar surface area (TPSA) is 94.8 Å². The molecule has 0 bridgehead atoms. The summed E-state index contributed by atoms with van der Waals surface area (Å²) in [5.41, 5.74) is -0.318. The lowest BCUT2D eigenvalue weighted by molar-refractivity contribution is 0.0585. The fraction of sp³-hybridized carbons (Fsp3) is 0.250. The highest BCUT2D eigenvalue weighted by molar-refractivity contribution is 5.97. The van der Waals surface area contributed by atoms with Gasteiger partial charge in [-0.25, -0.2) is 4.79 Å². The van der Waals surface area contributed by atoms with Crippen LogP contribution in [-0.4, -0.2) is 47.3 Å². The number of nitrogens with zero attached hydrogens (tertiary/aromatic N) is 3. The fourth-order valence-corrected chi connectivity index (χ4v) is 4.02. The normalized spacial score (nSPS) is 14.6. The van der Waals surface area contributed by atoms with Gasteiger partial charge in [0, 0.05) is 42.1 Å². The summed E-state index contributed by atoms with van der Waals surface area (Å²) < 4.78 is 16.7. The second-order valence-corrected chi connectivity index (χ2v) is 7.67. The van der Waals surface area contributed by atoms with Crippen molar-refractivity contribution in [3.05, 3.63) is 70.7 Å². The van der Waals surface area contributed by atoms with Crippen molar-refractivity contribution >= 4 is 27.6 Å². The summed E-state index contributed by atoms with van der Waals surface area (Å²) in [7, 11) is 1.50. The van der Waals surface area contributed by atoms with Crippen molar-refractivity contribution in [1.82, 2.24) is 15.1 Å². The van der Waals surface area contributed by atoms with Gasteiger partial charge in [0.25, 0.3) is 5.91 Å². The molecule has 0 unspecified atom stereocenters. The van der Waals surface area contributed by atoms with Crippen LogP contribution in [0.5, 0.6) is 11.6 Å². The maximum Gasteiger partial charge on any atom is 0.349 e.